The van der Waals surface area contributed by atoms with Crippen LogP contribution in [0.4, 0.5) is 0 Å². The van der Waals surface area contributed by atoms with E-state index in [1.54, 1.807) is 14.2 Å². The molecule has 0 aromatic carbocycles. The van der Waals surface area contributed by atoms with Crippen LogP contribution in [0, 0.1) is 0 Å². The molecule has 20 heavy (non-hydrogen) atoms. The second-order valence-electron chi connectivity index (χ2n) is 5.78. The van der Waals surface area contributed by atoms with E-state index < -0.39 is 0 Å². The molecule has 5 nitrogen and oxygen atoms in total. The van der Waals surface area contributed by atoms with E-state index in [0.29, 0.717) is 6.04 Å². The molecule has 1 saturated carbocycles. The van der Waals surface area contributed by atoms with Gasteiger partial charge in [0, 0.05) is 38.9 Å². The fourth-order valence-electron chi connectivity index (χ4n) is 3.05. The first kappa shape index (κ1) is 17.9. The van der Waals surface area contributed by atoms with Crippen molar-refractivity contribution in [1.29, 1.82) is 0 Å². The number of hydrogen-bond donors (Lipinski definition) is 2. The molecule has 1 aliphatic carbocycles. The van der Waals surface area contributed by atoms with Gasteiger partial charge in [-0.3, -0.25) is 4.90 Å². The topological polar surface area (TPSA) is 54.0 Å². The lowest BCUT2D eigenvalue weighted by Gasteiger charge is -2.32. The van der Waals surface area contributed by atoms with Crippen LogP contribution in [0.1, 0.15) is 32.6 Å². The highest BCUT2D eigenvalue weighted by molar-refractivity contribution is 4.99. The van der Waals surface area contributed by atoms with Crippen molar-refractivity contribution in [3.05, 3.63) is 0 Å². The highest BCUT2D eigenvalue weighted by Gasteiger charge is 2.40. The molecule has 0 aromatic heterocycles. The third-order valence-electron chi connectivity index (χ3n) is 4.32. The van der Waals surface area contributed by atoms with Gasteiger partial charge in [-0.2, -0.15) is 0 Å². The number of aliphatic hydroxyl groups excluding tert-OH is 1. The lowest BCUT2D eigenvalue weighted by Crippen LogP contribution is -2.48. The van der Waals surface area contributed by atoms with E-state index in [1.807, 2.05) is 0 Å². The Hall–Kier alpha value is -0.200. The van der Waals surface area contributed by atoms with Gasteiger partial charge in [-0.1, -0.05) is 6.92 Å². The Morgan fingerprint density at radius 2 is 1.90 bits per heavy atom. The highest BCUT2D eigenvalue weighted by Crippen LogP contribution is 2.32. The molecule has 0 aliphatic heterocycles. The monoisotopic (exact) mass is 288 g/mol. The molecule has 0 heterocycles. The first-order valence-electron chi connectivity index (χ1n) is 7.79. The molecule has 1 aliphatic rings. The largest absolute Gasteiger partial charge is 0.394 e. The third kappa shape index (κ3) is 5.30. The van der Waals surface area contributed by atoms with Gasteiger partial charge in [0.25, 0.3) is 0 Å². The molecule has 0 saturated heterocycles. The van der Waals surface area contributed by atoms with Crippen LogP contribution >= 0.6 is 0 Å². The first-order valence-corrected chi connectivity index (χ1v) is 7.79. The summed E-state index contributed by atoms with van der Waals surface area (Å²) in [5.41, 5.74) is -0.0843. The number of ether oxygens (including phenoxy) is 2. The van der Waals surface area contributed by atoms with Crippen LogP contribution in [0.2, 0.25) is 0 Å². The average Bonchev–Trinajstić information content (AvgIpc) is 2.90. The van der Waals surface area contributed by atoms with E-state index in [0.717, 1.165) is 58.5 Å². The second kappa shape index (κ2) is 9.68. The predicted octanol–water partition coefficient (Wildman–Crippen LogP) is 0.864. The van der Waals surface area contributed by atoms with Crippen LogP contribution in [0.15, 0.2) is 0 Å². The summed E-state index contributed by atoms with van der Waals surface area (Å²) in [6.07, 6.45) is 4.29. The number of hydrogen-bond acceptors (Lipinski definition) is 5. The molecule has 0 spiro atoms. The summed E-state index contributed by atoms with van der Waals surface area (Å²) in [4.78, 5) is 2.44. The standard InChI is InChI=1S/C15H32N2O3/c1-4-7-16-15(13-18)6-5-14(12-15)17(8-10-19-2)9-11-20-3/h14,16,18H,4-13H2,1-3H3. The van der Waals surface area contributed by atoms with Crippen molar-refractivity contribution in [1.82, 2.24) is 10.2 Å². The maximum Gasteiger partial charge on any atom is 0.0613 e. The number of aliphatic hydroxyl groups is 1. The maximum atomic E-state index is 9.76. The van der Waals surface area contributed by atoms with Crippen LogP contribution in [-0.4, -0.2) is 75.3 Å². The van der Waals surface area contributed by atoms with Crippen molar-refractivity contribution in [2.45, 2.75) is 44.2 Å². The third-order valence-corrected chi connectivity index (χ3v) is 4.32. The van der Waals surface area contributed by atoms with E-state index in [9.17, 15) is 5.11 Å². The van der Waals surface area contributed by atoms with Crippen LogP contribution in [0.5, 0.6) is 0 Å². The van der Waals surface area contributed by atoms with Crippen LogP contribution in [-0.2, 0) is 9.47 Å². The zero-order valence-electron chi connectivity index (χ0n) is 13.4. The van der Waals surface area contributed by atoms with Crippen molar-refractivity contribution in [3.63, 3.8) is 0 Å². The fraction of sp³-hybridized carbons (Fsp3) is 1.00. The Morgan fingerprint density at radius 1 is 1.25 bits per heavy atom. The van der Waals surface area contributed by atoms with E-state index in [1.165, 1.54) is 0 Å². The molecule has 120 valence electrons. The zero-order chi connectivity index (χ0) is 14.8. The van der Waals surface area contributed by atoms with Gasteiger partial charge in [-0.05, 0) is 32.2 Å². The highest BCUT2D eigenvalue weighted by atomic mass is 16.5. The molecular weight excluding hydrogens is 256 g/mol. The molecule has 2 N–H and O–H groups in total. The van der Waals surface area contributed by atoms with Crippen molar-refractivity contribution in [2.24, 2.45) is 0 Å². The summed E-state index contributed by atoms with van der Waals surface area (Å²) in [7, 11) is 3.48. The van der Waals surface area contributed by atoms with Gasteiger partial charge in [0.05, 0.1) is 19.8 Å². The molecule has 0 bridgehead atoms. The molecule has 1 fully saturated rings. The van der Waals surface area contributed by atoms with Crippen LogP contribution < -0.4 is 5.32 Å². The molecule has 1 rings (SSSR count). The number of methoxy groups -OCH3 is 2. The van der Waals surface area contributed by atoms with E-state index in [2.05, 4.69) is 17.1 Å². The van der Waals surface area contributed by atoms with Gasteiger partial charge in [0.15, 0.2) is 0 Å². The Bertz CT molecular complexity index is 245. The zero-order valence-corrected chi connectivity index (χ0v) is 13.4. The van der Waals surface area contributed by atoms with Gasteiger partial charge < -0.3 is 19.9 Å². The summed E-state index contributed by atoms with van der Waals surface area (Å²) in [5.74, 6) is 0. The molecule has 5 heteroatoms. The fourth-order valence-corrected chi connectivity index (χ4v) is 3.05. The van der Waals surface area contributed by atoms with E-state index in [-0.39, 0.29) is 12.1 Å². The normalized spacial score (nSPS) is 26.6. The quantitative estimate of drug-likeness (QED) is 0.591. The summed E-state index contributed by atoms with van der Waals surface area (Å²) in [6, 6.07) is 0.511. The van der Waals surface area contributed by atoms with Crippen molar-refractivity contribution >= 4 is 0 Å². The average molecular weight is 288 g/mol. The Kier molecular flexibility index (Phi) is 8.64. The first-order chi connectivity index (χ1) is 9.71. The lowest BCUT2D eigenvalue weighted by molar-refractivity contribution is 0.0817. The molecule has 2 atom stereocenters. The minimum atomic E-state index is -0.0843. The smallest absolute Gasteiger partial charge is 0.0613 e. The van der Waals surface area contributed by atoms with Gasteiger partial charge >= 0.3 is 0 Å². The van der Waals surface area contributed by atoms with Crippen LogP contribution in [0.3, 0.4) is 0 Å². The van der Waals surface area contributed by atoms with Gasteiger partial charge in [0.1, 0.15) is 0 Å². The molecular formula is C15H32N2O3. The summed E-state index contributed by atoms with van der Waals surface area (Å²) in [6.45, 7) is 6.71. The predicted molar refractivity (Wildman–Crippen MR) is 81.1 cm³/mol. The summed E-state index contributed by atoms with van der Waals surface area (Å²) >= 11 is 0. The summed E-state index contributed by atoms with van der Waals surface area (Å²) < 4.78 is 10.4. The molecule has 2 unspecified atom stereocenters. The minimum absolute atomic E-state index is 0.0843. The van der Waals surface area contributed by atoms with Crippen LogP contribution in [0.25, 0.3) is 0 Å². The van der Waals surface area contributed by atoms with Crippen molar-refractivity contribution < 1.29 is 14.6 Å². The number of nitrogens with one attached hydrogen (secondary N) is 1. The number of nitrogens with zero attached hydrogens (tertiary/aromatic N) is 1. The van der Waals surface area contributed by atoms with E-state index >= 15 is 0 Å². The van der Waals surface area contributed by atoms with E-state index in [4.69, 9.17) is 9.47 Å². The summed E-state index contributed by atoms with van der Waals surface area (Å²) in [5, 5.41) is 13.3. The Labute approximate surface area is 123 Å². The number of rotatable bonds is 11. The lowest BCUT2D eigenvalue weighted by atomic mass is 9.98. The van der Waals surface area contributed by atoms with Gasteiger partial charge in [-0.15, -0.1) is 0 Å². The molecule has 0 aromatic rings. The minimum Gasteiger partial charge on any atom is -0.394 e. The van der Waals surface area contributed by atoms with Gasteiger partial charge in [0.2, 0.25) is 0 Å². The Morgan fingerprint density at radius 3 is 2.40 bits per heavy atom. The SMILES string of the molecule is CCCNC1(CO)CCC(N(CCOC)CCOC)C1. The van der Waals surface area contributed by atoms with Gasteiger partial charge in [-0.25, -0.2) is 0 Å². The second-order valence-corrected chi connectivity index (χ2v) is 5.78. The van der Waals surface area contributed by atoms with Crippen molar-refractivity contribution in [3.8, 4) is 0 Å². The maximum absolute atomic E-state index is 9.76. The molecule has 0 radical (unpaired) electrons. The molecule has 0 amide bonds. The Balaban J connectivity index is 2.54. The van der Waals surface area contributed by atoms with Crippen molar-refractivity contribution in [2.75, 3.05) is 53.7 Å².